The van der Waals surface area contributed by atoms with Gasteiger partial charge in [-0.15, -0.1) is 0 Å². The van der Waals surface area contributed by atoms with Gasteiger partial charge in [-0.05, 0) is 18.4 Å². The lowest BCUT2D eigenvalue weighted by atomic mass is 9.87. The molecule has 1 aliphatic heterocycles. The highest BCUT2D eigenvalue weighted by molar-refractivity contribution is 5.83. The second-order valence-electron chi connectivity index (χ2n) is 7.48. The predicted octanol–water partition coefficient (Wildman–Crippen LogP) is 2.82. The van der Waals surface area contributed by atoms with Crippen LogP contribution in [0.25, 0.3) is 0 Å². The van der Waals surface area contributed by atoms with Crippen molar-refractivity contribution in [2.75, 3.05) is 33.9 Å². The highest BCUT2D eigenvalue weighted by Crippen LogP contribution is 2.42. The van der Waals surface area contributed by atoms with Gasteiger partial charge >= 0.3 is 0 Å². The zero-order valence-electron chi connectivity index (χ0n) is 17.1. The van der Waals surface area contributed by atoms with Crippen LogP contribution in [-0.2, 0) is 9.59 Å². The van der Waals surface area contributed by atoms with E-state index in [9.17, 15) is 9.59 Å². The molecule has 1 fully saturated rings. The summed E-state index contributed by atoms with van der Waals surface area (Å²) in [6.07, 6.45) is 1.37. The molecule has 1 heterocycles. The van der Waals surface area contributed by atoms with Gasteiger partial charge in [0.15, 0.2) is 11.5 Å². The Labute approximate surface area is 162 Å². The Kier molecular flexibility index (Phi) is 7.51. The van der Waals surface area contributed by atoms with E-state index in [2.05, 4.69) is 5.32 Å². The molecule has 0 bridgehead atoms. The minimum absolute atomic E-state index is 0.00781. The summed E-state index contributed by atoms with van der Waals surface area (Å²) in [6.45, 7) is 7.67. The molecule has 6 heteroatoms. The largest absolute Gasteiger partial charge is 0.493 e. The van der Waals surface area contributed by atoms with Crippen LogP contribution in [-0.4, -0.2) is 50.6 Å². The molecule has 0 unspecified atom stereocenters. The maximum absolute atomic E-state index is 12.8. The number of amides is 2. The van der Waals surface area contributed by atoms with Gasteiger partial charge in [0.1, 0.15) is 0 Å². The summed E-state index contributed by atoms with van der Waals surface area (Å²) >= 11 is 0. The van der Waals surface area contributed by atoms with Crippen LogP contribution in [0.3, 0.4) is 0 Å². The average molecular weight is 376 g/mol. The number of ether oxygens (including phenoxy) is 2. The van der Waals surface area contributed by atoms with Gasteiger partial charge < -0.3 is 19.7 Å². The van der Waals surface area contributed by atoms with Gasteiger partial charge in [0, 0.05) is 37.5 Å². The molecule has 1 aliphatic rings. The molecule has 150 valence electrons. The van der Waals surface area contributed by atoms with Crippen LogP contribution in [0.4, 0.5) is 0 Å². The van der Waals surface area contributed by atoms with Crippen LogP contribution in [0, 0.1) is 11.8 Å². The Morgan fingerprint density at radius 3 is 2.56 bits per heavy atom. The fraction of sp³-hybridized carbons (Fsp3) is 0.619. The summed E-state index contributed by atoms with van der Waals surface area (Å²) in [5.74, 6) is 1.23. The number of carbonyl (C=O) groups excluding carboxylic acids is 2. The molecule has 0 radical (unpaired) electrons. The number of nitrogens with one attached hydrogen (secondary N) is 1. The summed E-state index contributed by atoms with van der Waals surface area (Å²) in [7, 11) is 3.20. The molecule has 6 nitrogen and oxygen atoms in total. The Morgan fingerprint density at radius 1 is 1.22 bits per heavy atom. The van der Waals surface area contributed by atoms with E-state index < -0.39 is 0 Å². The molecular weight excluding hydrogens is 344 g/mol. The number of likely N-dealkylation sites (tertiary alicyclic amines) is 1. The van der Waals surface area contributed by atoms with Gasteiger partial charge in [0.25, 0.3) is 0 Å². The van der Waals surface area contributed by atoms with Gasteiger partial charge in [-0.1, -0.05) is 32.9 Å². The van der Waals surface area contributed by atoms with Crippen molar-refractivity contribution in [3.8, 4) is 11.5 Å². The number of hydrogen-bond acceptors (Lipinski definition) is 4. The van der Waals surface area contributed by atoms with Crippen molar-refractivity contribution in [2.24, 2.45) is 11.8 Å². The zero-order chi connectivity index (χ0) is 20.0. The molecule has 27 heavy (non-hydrogen) atoms. The minimum atomic E-state index is -0.298. The maximum Gasteiger partial charge on any atom is 0.225 e. The lowest BCUT2D eigenvalue weighted by Gasteiger charge is -2.21. The number of benzene rings is 1. The SMILES string of the molecule is CCCNC(=O)[C@H]1CN(C(=O)CC(C)C)C[C@@H]1c1cccc(OC)c1OC. The predicted molar refractivity (Wildman–Crippen MR) is 105 cm³/mol. The van der Waals surface area contributed by atoms with Crippen LogP contribution in [0.5, 0.6) is 11.5 Å². The monoisotopic (exact) mass is 376 g/mol. The van der Waals surface area contributed by atoms with Crippen molar-refractivity contribution in [1.29, 1.82) is 0 Å². The molecule has 0 aromatic heterocycles. The third kappa shape index (κ3) is 4.93. The highest BCUT2D eigenvalue weighted by Gasteiger charge is 2.41. The van der Waals surface area contributed by atoms with Crippen LogP contribution in [0.15, 0.2) is 18.2 Å². The van der Waals surface area contributed by atoms with Crippen LogP contribution in [0.1, 0.15) is 45.1 Å². The quantitative estimate of drug-likeness (QED) is 0.758. The molecule has 1 N–H and O–H groups in total. The highest BCUT2D eigenvalue weighted by atomic mass is 16.5. The molecule has 1 aromatic carbocycles. The van der Waals surface area contributed by atoms with Gasteiger partial charge in [0.2, 0.25) is 11.8 Å². The molecule has 0 aliphatic carbocycles. The smallest absolute Gasteiger partial charge is 0.225 e. The molecular formula is C21H32N2O4. The molecule has 0 saturated carbocycles. The fourth-order valence-electron chi connectivity index (χ4n) is 3.65. The zero-order valence-corrected chi connectivity index (χ0v) is 17.1. The van der Waals surface area contributed by atoms with E-state index in [4.69, 9.17) is 9.47 Å². The van der Waals surface area contributed by atoms with Gasteiger partial charge in [-0.3, -0.25) is 9.59 Å². The van der Waals surface area contributed by atoms with E-state index in [0.717, 1.165) is 12.0 Å². The number of methoxy groups -OCH3 is 2. The average Bonchev–Trinajstić information content (AvgIpc) is 3.10. The van der Waals surface area contributed by atoms with Gasteiger partial charge in [0.05, 0.1) is 20.1 Å². The van der Waals surface area contributed by atoms with E-state index in [1.807, 2.05) is 43.9 Å². The van der Waals surface area contributed by atoms with Crippen molar-refractivity contribution in [3.05, 3.63) is 23.8 Å². The fourth-order valence-corrected chi connectivity index (χ4v) is 3.65. The topological polar surface area (TPSA) is 67.9 Å². The van der Waals surface area contributed by atoms with E-state index in [1.165, 1.54) is 0 Å². The Bertz CT molecular complexity index is 660. The van der Waals surface area contributed by atoms with E-state index >= 15 is 0 Å². The van der Waals surface area contributed by atoms with Crippen molar-refractivity contribution >= 4 is 11.8 Å². The van der Waals surface area contributed by atoms with E-state index in [-0.39, 0.29) is 29.6 Å². The summed E-state index contributed by atoms with van der Waals surface area (Å²) in [5, 5.41) is 2.99. The number of rotatable bonds is 8. The Hall–Kier alpha value is -2.24. The first-order valence-corrected chi connectivity index (χ1v) is 9.69. The van der Waals surface area contributed by atoms with Crippen molar-refractivity contribution < 1.29 is 19.1 Å². The first-order valence-electron chi connectivity index (χ1n) is 9.69. The van der Waals surface area contributed by atoms with Crippen molar-refractivity contribution in [2.45, 2.75) is 39.5 Å². The van der Waals surface area contributed by atoms with E-state index in [0.29, 0.717) is 37.6 Å². The molecule has 0 spiro atoms. The van der Waals surface area contributed by atoms with Crippen LogP contribution >= 0.6 is 0 Å². The Morgan fingerprint density at radius 2 is 1.96 bits per heavy atom. The maximum atomic E-state index is 12.8. The summed E-state index contributed by atoms with van der Waals surface area (Å²) in [5.41, 5.74) is 0.911. The first kappa shape index (κ1) is 21.1. The van der Waals surface area contributed by atoms with Gasteiger partial charge in [-0.2, -0.15) is 0 Å². The standard InChI is InChI=1S/C21H32N2O4/c1-6-10-22-21(25)17-13-23(19(24)11-14(2)3)12-16(17)15-8-7-9-18(26-4)20(15)27-5/h7-9,14,16-17H,6,10-13H2,1-5H3,(H,22,25)/t16-,17+/m1/s1. The van der Waals surface area contributed by atoms with Gasteiger partial charge in [-0.25, -0.2) is 0 Å². The number of carbonyl (C=O) groups is 2. The minimum Gasteiger partial charge on any atom is -0.493 e. The first-order chi connectivity index (χ1) is 12.9. The molecule has 2 rings (SSSR count). The third-order valence-corrected chi connectivity index (χ3v) is 4.97. The normalized spacial score (nSPS) is 19.3. The molecule has 2 atom stereocenters. The van der Waals surface area contributed by atoms with Crippen LogP contribution < -0.4 is 14.8 Å². The number of nitrogens with zero attached hydrogens (tertiary/aromatic N) is 1. The lowest BCUT2D eigenvalue weighted by Crippen LogP contribution is -2.36. The van der Waals surface area contributed by atoms with Crippen molar-refractivity contribution in [1.82, 2.24) is 10.2 Å². The second-order valence-corrected chi connectivity index (χ2v) is 7.48. The molecule has 1 saturated heterocycles. The van der Waals surface area contributed by atoms with E-state index in [1.54, 1.807) is 14.2 Å². The van der Waals surface area contributed by atoms with Crippen molar-refractivity contribution in [3.63, 3.8) is 0 Å². The molecule has 2 amide bonds. The summed E-state index contributed by atoms with van der Waals surface area (Å²) in [4.78, 5) is 27.3. The second kappa shape index (κ2) is 9.62. The molecule has 1 aromatic rings. The number of para-hydroxylation sites is 1. The Balaban J connectivity index is 2.35. The summed E-state index contributed by atoms with van der Waals surface area (Å²) < 4.78 is 11.0. The summed E-state index contributed by atoms with van der Waals surface area (Å²) in [6, 6.07) is 5.70. The number of hydrogen-bond donors (Lipinski definition) is 1. The third-order valence-electron chi connectivity index (χ3n) is 4.97. The van der Waals surface area contributed by atoms with Crippen LogP contribution in [0.2, 0.25) is 0 Å². The lowest BCUT2D eigenvalue weighted by molar-refractivity contribution is -0.131.